The smallest absolute Gasteiger partial charge is 0.329 e. The maximum absolute atomic E-state index is 10.2. The Balaban J connectivity index is 2.50. The Morgan fingerprint density at radius 2 is 1.88 bits per heavy atom. The summed E-state index contributed by atoms with van der Waals surface area (Å²) in [7, 11) is 1.27. The fraction of sp³-hybridized carbons (Fsp3) is 0.889. The molecule has 4 N–H and O–H groups in total. The summed E-state index contributed by atoms with van der Waals surface area (Å²) in [6, 6.07) is 0. The lowest BCUT2D eigenvalue weighted by molar-refractivity contribution is -0.296. The van der Waals surface area contributed by atoms with Crippen LogP contribution < -0.4 is 0 Å². The maximum atomic E-state index is 10.2. The molecule has 2 unspecified atom stereocenters. The fourth-order valence-corrected chi connectivity index (χ4v) is 1.51. The quantitative estimate of drug-likeness (QED) is 0.424. The third-order valence-corrected chi connectivity index (χ3v) is 2.41. The highest BCUT2D eigenvalue weighted by Gasteiger charge is 2.43. The van der Waals surface area contributed by atoms with Crippen molar-refractivity contribution >= 4 is 5.97 Å². The van der Waals surface area contributed by atoms with Gasteiger partial charge in [0.25, 0.3) is 0 Å². The van der Waals surface area contributed by atoms with Crippen LogP contribution in [0.1, 0.15) is 0 Å². The van der Waals surface area contributed by atoms with Crippen molar-refractivity contribution in [3.63, 3.8) is 0 Å². The lowest BCUT2D eigenvalue weighted by atomic mass is 9.99. The Morgan fingerprint density at radius 1 is 1.24 bits per heavy atom. The second kappa shape index (κ2) is 6.24. The molecule has 100 valence electrons. The number of carboxylic acids is 1. The van der Waals surface area contributed by atoms with Gasteiger partial charge in [-0.2, -0.15) is 0 Å². The Labute approximate surface area is 97.3 Å². The summed E-state index contributed by atoms with van der Waals surface area (Å²) in [6.45, 7) is -0.764. The first-order valence-electron chi connectivity index (χ1n) is 4.99. The van der Waals surface area contributed by atoms with Crippen molar-refractivity contribution in [2.75, 3.05) is 20.3 Å². The number of methoxy groups -OCH3 is 1. The van der Waals surface area contributed by atoms with Gasteiger partial charge < -0.3 is 34.6 Å². The second-order valence-corrected chi connectivity index (χ2v) is 3.66. The highest BCUT2D eigenvalue weighted by Crippen LogP contribution is 2.21. The number of hydrogen-bond donors (Lipinski definition) is 4. The van der Waals surface area contributed by atoms with Crippen molar-refractivity contribution in [2.24, 2.45) is 0 Å². The summed E-state index contributed by atoms with van der Waals surface area (Å²) in [5.74, 6) is -1.15. The average Bonchev–Trinajstić information content (AvgIpc) is 2.29. The molecule has 1 aliphatic rings. The van der Waals surface area contributed by atoms with Gasteiger partial charge in [-0.1, -0.05) is 0 Å². The van der Waals surface area contributed by atoms with Crippen LogP contribution in [0.2, 0.25) is 0 Å². The number of hydrogen-bond acceptors (Lipinski definition) is 7. The van der Waals surface area contributed by atoms with Gasteiger partial charge in [0.2, 0.25) is 0 Å². The molecule has 8 heteroatoms. The summed E-state index contributed by atoms with van der Waals surface area (Å²) in [6.07, 6.45) is -6.23. The predicted molar refractivity (Wildman–Crippen MR) is 52.1 cm³/mol. The Kier molecular flexibility index (Phi) is 5.25. The van der Waals surface area contributed by atoms with Gasteiger partial charge in [-0.3, -0.25) is 0 Å². The summed E-state index contributed by atoms with van der Waals surface area (Å²) in [4.78, 5) is 10.2. The second-order valence-electron chi connectivity index (χ2n) is 3.66. The van der Waals surface area contributed by atoms with Gasteiger partial charge in [-0.15, -0.1) is 0 Å². The van der Waals surface area contributed by atoms with Crippen LogP contribution >= 0.6 is 0 Å². The molecule has 17 heavy (non-hydrogen) atoms. The molecule has 1 rings (SSSR count). The molecule has 1 saturated heterocycles. The molecular formula is C9H16O8. The lowest BCUT2D eigenvalue weighted by Gasteiger charge is -2.39. The van der Waals surface area contributed by atoms with Crippen LogP contribution in [0.15, 0.2) is 0 Å². The van der Waals surface area contributed by atoms with Crippen LogP contribution in [0.5, 0.6) is 0 Å². The van der Waals surface area contributed by atoms with Gasteiger partial charge in [-0.05, 0) is 0 Å². The molecule has 0 aromatic carbocycles. The van der Waals surface area contributed by atoms with Crippen LogP contribution in [0, 0.1) is 0 Å². The molecule has 1 aliphatic heterocycles. The van der Waals surface area contributed by atoms with Crippen molar-refractivity contribution < 1.29 is 39.4 Å². The van der Waals surface area contributed by atoms with Crippen LogP contribution in [-0.4, -0.2) is 77.4 Å². The van der Waals surface area contributed by atoms with Crippen molar-refractivity contribution in [3.05, 3.63) is 0 Å². The molecule has 1 fully saturated rings. The highest BCUT2D eigenvalue weighted by molar-refractivity contribution is 5.67. The van der Waals surface area contributed by atoms with E-state index < -0.39 is 43.3 Å². The fourth-order valence-electron chi connectivity index (χ4n) is 1.51. The standard InChI is InChI=1S/C9H16O8/c1-15-9-8(14)7(13)6(12)4(17-9)2-16-3-5(10)11/h4,6-9,12-14H,2-3H2,1H3,(H,10,11)/t4?,6-,7+,8?,9-/m1/s1. The number of aliphatic hydroxyl groups excluding tert-OH is 3. The molecular weight excluding hydrogens is 236 g/mol. The molecule has 0 bridgehead atoms. The average molecular weight is 252 g/mol. The molecule has 1 heterocycles. The first-order valence-corrected chi connectivity index (χ1v) is 4.99. The van der Waals surface area contributed by atoms with Crippen LogP contribution in [0.25, 0.3) is 0 Å². The largest absolute Gasteiger partial charge is 0.480 e. The molecule has 0 spiro atoms. The zero-order valence-corrected chi connectivity index (χ0v) is 9.22. The number of carboxylic acid groups (broad SMARTS) is 1. The van der Waals surface area contributed by atoms with Gasteiger partial charge in [0.1, 0.15) is 31.0 Å². The minimum Gasteiger partial charge on any atom is -0.480 e. The van der Waals surface area contributed by atoms with Gasteiger partial charge in [0.05, 0.1) is 6.61 Å². The van der Waals surface area contributed by atoms with E-state index in [9.17, 15) is 20.1 Å². The monoisotopic (exact) mass is 252 g/mol. The van der Waals surface area contributed by atoms with Gasteiger partial charge in [0.15, 0.2) is 6.29 Å². The Morgan fingerprint density at radius 3 is 2.41 bits per heavy atom. The van der Waals surface area contributed by atoms with Crippen molar-refractivity contribution in [1.82, 2.24) is 0 Å². The van der Waals surface area contributed by atoms with E-state index in [-0.39, 0.29) is 6.61 Å². The van der Waals surface area contributed by atoms with E-state index in [1.54, 1.807) is 0 Å². The zero-order chi connectivity index (χ0) is 13.0. The Hall–Kier alpha value is -0.770. The number of aliphatic hydroxyl groups is 3. The van der Waals surface area contributed by atoms with Gasteiger partial charge >= 0.3 is 5.97 Å². The van der Waals surface area contributed by atoms with Crippen LogP contribution in [0.3, 0.4) is 0 Å². The molecule has 0 amide bonds. The van der Waals surface area contributed by atoms with E-state index in [2.05, 4.69) is 0 Å². The molecule has 0 radical (unpaired) electrons. The van der Waals surface area contributed by atoms with E-state index in [0.29, 0.717) is 0 Å². The maximum Gasteiger partial charge on any atom is 0.329 e. The molecule has 0 aliphatic carbocycles. The SMILES string of the molecule is CO[C@@H]1OC(COCC(=O)O)[C@@H](O)[C@H](O)C1O. The third-order valence-electron chi connectivity index (χ3n) is 2.41. The molecule has 0 aromatic heterocycles. The highest BCUT2D eigenvalue weighted by atomic mass is 16.7. The van der Waals surface area contributed by atoms with Crippen molar-refractivity contribution in [1.29, 1.82) is 0 Å². The third kappa shape index (κ3) is 3.60. The number of carbonyl (C=O) groups is 1. The molecule has 5 atom stereocenters. The van der Waals surface area contributed by atoms with Crippen molar-refractivity contribution in [3.8, 4) is 0 Å². The van der Waals surface area contributed by atoms with E-state index in [1.165, 1.54) is 7.11 Å². The summed E-state index contributed by atoms with van der Waals surface area (Å²) in [5, 5.41) is 36.9. The first kappa shape index (κ1) is 14.3. The van der Waals surface area contributed by atoms with E-state index in [0.717, 1.165) is 0 Å². The number of rotatable bonds is 5. The minimum absolute atomic E-state index is 0.225. The van der Waals surface area contributed by atoms with E-state index in [1.807, 2.05) is 0 Å². The zero-order valence-electron chi connectivity index (χ0n) is 9.22. The minimum atomic E-state index is -1.44. The normalized spacial score (nSPS) is 38.0. The summed E-state index contributed by atoms with van der Waals surface area (Å²) in [5.41, 5.74) is 0. The summed E-state index contributed by atoms with van der Waals surface area (Å²) >= 11 is 0. The van der Waals surface area contributed by atoms with Gasteiger partial charge in [0, 0.05) is 7.11 Å². The molecule has 0 aromatic rings. The summed E-state index contributed by atoms with van der Waals surface area (Å²) < 4.78 is 14.6. The van der Waals surface area contributed by atoms with E-state index >= 15 is 0 Å². The first-order chi connectivity index (χ1) is 7.97. The van der Waals surface area contributed by atoms with E-state index in [4.69, 9.17) is 19.3 Å². The van der Waals surface area contributed by atoms with Crippen LogP contribution in [0.4, 0.5) is 0 Å². The van der Waals surface area contributed by atoms with Crippen molar-refractivity contribution in [2.45, 2.75) is 30.7 Å². The lowest BCUT2D eigenvalue weighted by Crippen LogP contribution is -2.59. The molecule has 8 nitrogen and oxygen atoms in total. The Bertz CT molecular complexity index is 255. The van der Waals surface area contributed by atoms with Gasteiger partial charge in [-0.25, -0.2) is 4.79 Å². The predicted octanol–water partition coefficient (Wildman–Crippen LogP) is -2.46. The molecule has 0 saturated carbocycles. The topological polar surface area (TPSA) is 126 Å². The number of ether oxygens (including phenoxy) is 3. The van der Waals surface area contributed by atoms with Crippen LogP contribution in [-0.2, 0) is 19.0 Å². The number of aliphatic carboxylic acids is 1.